The Morgan fingerprint density at radius 2 is 1.71 bits per heavy atom. The van der Waals surface area contributed by atoms with Crippen LogP contribution >= 0.6 is 0 Å². The van der Waals surface area contributed by atoms with Crippen LogP contribution in [0.1, 0.15) is 40.2 Å². The summed E-state index contributed by atoms with van der Waals surface area (Å²) >= 11 is 0. The summed E-state index contributed by atoms with van der Waals surface area (Å²) in [5.74, 6) is -2.32. The third-order valence-corrected chi connectivity index (χ3v) is 5.55. The maximum absolute atomic E-state index is 13.5. The van der Waals surface area contributed by atoms with Crippen LogP contribution in [-0.2, 0) is 4.79 Å². The molecule has 0 aromatic heterocycles. The zero-order valence-corrected chi connectivity index (χ0v) is 15.6. The van der Waals surface area contributed by atoms with Crippen LogP contribution in [0.4, 0.5) is 8.78 Å². The maximum Gasteiger partial charge on any atom is 0.254 e. The van der Waals surface area contributed by atoms with Gasteiger partial charge in [-0.25, -0.2) is 8.78 Å². The van der Waals surface area contributed by atoms with Gasteiger partial charge in [0.15, 0.2) is 11.6 Å². The number of carbonyl (C=O) groups excluding carboxylic acids is 2. The van der Waals surface area contributed by atoms with Gasteiger partial charge in [-0.05, 0) is 43.5 Å². The van der Waals surface area contributed by atoms with Crippen molar-refractivity contribution in [1.29, 1.82) is 0 Å². The second-order valence-electron chi connectivity index (χ2n) is 7.75. The van der Waals surface area contributed by atoms with Crippen molar-refractivity contribution in [2.24, 2.45) is 5.92 Å². The molecule has 1 N–H and O–H groups in total. The predicted octanol–water partition coefficient (Wildman–Crippen LogP) is 3.41. The highest BCUT2D eigenvalue weighted by atomic mass is 19.2. The minimum atomic E-state index is -1.04. The second-order valence-corrected chi connectivity index (χ2v) is 7.75. The van der Waals surface area contributed by atoms with Gasteiger partial charge >= 0.3 is 0 Å². The Morgan fingerprint density at radius 1 is 1.00 bits per heavy atom. The lowest BCUT2D eigenvalue weighted by Gasteiger charge is -2.20. The molecule has 2 aliphatic rings. The van der Waals surface area contributed by atoms with Crippen molar-refractivity contribution in [3.05, 3.63) is 70.8 Å². The summed E-state index contributed by atoms with van der Waals surface area (Å²) in [6.07, 6.45) is 1.82. The fourth-order valence-electron chi connectivity index (χ4n) is 3.73. The number of halogens is 2. The Morgan fingerprint density at radius 3 is 2.36 bits per heavy atom. The number of amides is 2. The molecule has 4 nitrogen and oxygen atoms in total. The SMILES string of the molecule is Cc1ccc([C@@H]2CN(C(=O)c3ccc(F)c(F)c3)C[C@H]2NC(=O)C2CC2)cc1. The first-order valence-electron chi connectivity index (χ1n) is 9.53. The van der Waals surface area contributed by atoms with Crippen molar-refractivity contribution in [2.45, 2.75) is 31.7 Å². The third kappa shape index (κ3) is 3.77. The van der Waals surface area contributed by atoms with Gasteiger partial charge in [-0.3, -0.25) is 9.59 Å². The van der Waals surface area contributed by atoms with Gasteiger partial charge in [0.1, 0.15) is 0 Å². The number of benzene rings is 2. The van der Waals surface area contributed by atoms with E-state index in [2.05, 4.69) is 5.32 Å². The molecule has 2 amide bonds. The zero-order valence-electron chi connectivity index (χ0n) is 15.6. The Labute approximate surface area is 162 Å². The van der Waals surface area contributed by atoms with Crippen molar-refractivity contribution in [3.63, 3.8) is 0 Å². The summed E-state index contributed by atoms with van der Waals surface area (Å²) in [7, 11) is 0. The molecular weight excluding hydrogens is 362 g/mol. The predicted molar refractivity (Wildman–Crippen MR) is 101 cm³/mol. The lowest BCUT2D eigenvalue weighted by Crippen LogP contribution is -2.41. The first-order chi connectivity index (χ1) is 13.4. The maximum atomic E-state index is 13.5. The number of hydrogen-bond acceptors (Lipinski definition) is 2. The van der Waals surface area contributed by atoms with E-state index in [4.69, 9.17) is 0 Å². The van der Waals surface area contributed by atoms with Crippen LogP contribution in [0.15, 0.2) is 42.5 Å². The number of hydrogen-bond donors (Lipinski definition) is 1. The second kappa shape index (κ2) is 7.34. The molecular formula is C22H22F2N2O2. The summed E-state index contributed by atoms with van der Waals surface area (Å²) in [5, 5.41) is 3.09. The molecule has 1 aliphatic heterocycles. The van der Waals surface area contributed by atoms with Crippen LogP contribution in [0.5, 0.6) is 0 Å². The average Bonchev–Trinajstić information content (AvgIpc) is 3.45. The molecule has 2 fully saturated rings. The first kappa shape index (κ1) is 18.6. The molecule has 28 heavy (non-hydrogen) atoms. The smallest absolute Gasteiger partial charge is 0.254 e. The molecule has 0 bridgehead atoms. The molecule has 2 atom stereocenters. The third-order valence-electron chi connectivity index (χ3n) is 5.55. The van der Waals surface area contributed by atoms with Crippen molar-refractivity contribution < 1.29 is 18.4 Å². The molecule has 6 heteroatoms. The lowest BCUT2D eigenvalue weighted by atomic mass is 9.93. The van der Waals surface area contributed by atoms with Crippen molar-refractivity contribution in [3.8, 4) is 0 Å². The quantitative estimate of drug-likeness (QED) is 0.878. The Hall–Kier alpha value is -2.76. The molecule has 1 heterocycles. The van der Waals surface area contributed by atoms with Crippen LogP contribution < -0.4 is 5.32 Å². The van der Waals surface area contributed by atoms with E-state index in [1.54, 1.807) is 4.90 Å². The van der Waals surface area contributed by atoms with Gasteiger partial charge in [0, 0.05) is 30.5 Å². The van der Waals surface area contributed by atoms with E-state index in [1.807, 2.05) is 31.2 Å². The standard InChI is InChI=1S/C22H22F2N2O2/c1-13-2-4-14(5-3-13)17-11-26(12-20(17)25-21(27)15-6-7-15)22(28)16-8-9-18(23)19(24)10-16/h2-5,8-10,15,17,20H,6-7,11-12H2,1H3,(H,25,27)/t17-,20+/m0/s1. The summed E-state index contributed by atoms with van der Waals surface area (Å²) in [6.45, 7) is 2.76. The molecule has 1 saturated heterocycles. The molecule has 4 rings (SSSR count). The summed E-state index contributed by atoms with van der Waals surface area (Å²) in [6, 6.07) is 11.0. The van der Waals surface area contributed by atoms with Crippen LogP contribution in [0, 0.1) is 24.5 Å². The molecule has 1 aliphatic carbocycles. The van der Waals surface area contributed by atoms with Gasteiger partial charge in [0.05, 0.1) is 6.04 Å². The minimum absolute atomic E-state index is 0.0317. The van der Waals surface area contributed by atoms with Crippen LogP contribution in [0.2, 0.25) is 0 Å². The highest BCUT2D eigenvalue weighted by molar-refractivity contribution is 5.94. The van der Waals surface area contributed by atoms with E-state index in [0.29, 0.717) is 13.1 Å². The van der Waals surface area contributed by atoms with E-state index in [0.717, 1.165) is 36.1 Å². The number of nitrogens with zero attached hydrogens (tertiary/aromatic N) is 1. The summed E-state index contributed by atoms with van der Waals surface area (Å²) in [4.78, 5) is 26.8. The van der Waals surface area contributed by atoms with Gasteiger partial charge in [-0.1, -0.05) is 29.8 Å². The molecule has 146 valence electrons. The van der Waals surface area contributed by atoms with E-state index in [1.165, 1.54) is 6.07 Å². The van der Waals surface area contributed by atoms with Crippen molar-refractivity contribution >= 4 is 11.8 Å². The Balaban J connectivity index is 1.57. The summed E-state index contributed by atoms with van der Waals surface area (Å²) < 4.78 is 26.7. The van der Waals surface area contributed by atoms with Crippen LogP contribution in [0.3, 0.4) is 0 Å². The van der Waals surface area contributed by atoms with E-state index >= 15 is 0 Å². The number of nitrogens with one attached hydrogen (secondary N) is 1. The number of aryl methyl sites for hydroxylation is 1. The highest BCUT2D eigenvalue weighted by Crippen LogP contribution is 2.32. The van der Waals surface area contributed by atoms with Gasteiger partial charge in [-0.15, -0.1) is 0 Å². The van der Waals surface area contributed by atoms with E-state index < -0.39 is 11.6 Å². The van der Waals surface area contributed by atoms with E-state index in [9.17, 15) is 18.4 Å². The fraction of sp³-hybridized carbons (Fsp3) is 0.364. The normalized spacial score (nSPS) is 21.6. The van der Waals surface area contributed by atoms with Crippen molar-refractivity contribution in [2.75, 3.05) is 13.1 Å². The summed E-state index contributed by atoms with van der Waals surface area (Å²) in [5.41, 5.74) is 2.29. The molecule has 0 spiro atoms. The number of rotatable bonds is 4. The van der Waals surface area contributed by atoms with Crippen LogP contribution in [-0.4, -0.2) is 35.8 Å². The average molecular weight is 384 g/mol. The first-order valence-corrected chi connectivity index (χ1v) is 9.53. The fourth-order valence-corrected chi connectivity index (χ4v) is 3.73. The van der Waals surface area contributed by atoms with Gasteiger partial charge in [0.2, 0.25) is 5.91 Å². The number of carbonyl (C=O) groups is 2. The minimum Gasteiger partial charge on any atom is -0.351 e. The monoisotopic (exact) mass is 384 g/mol. The highest BCUT2D eigenvalue weighted by Gasteiger charge is 2.40. The Bertz CT molecular complexity index is 909. The zero-order chi connectivity index (χ0) is 19.8. The molecule has 2 aromatic carbocycles. The Kier molecular flexibility index (Phi) is 4.87. The van der Waals surface area contributed by atoms with Gasteiger partial charge in [-0.2, -0.15) is 0 Å². The van der Waals surface area contributed by atoms with Crippen LogP contribution in [0.25, 0.3) is 0 Å². The van der Waals surface area contributed by atoms with Gasteiger partial charge < -0.3 is 10.2 Å². The molecule has 2 aromatic rings. The van der Waals surface area contributed by atoms with E-state index in [-0.39, 0.29) is 35.3 Å². The van der Waals surface area contributed by atoms with Crippen molar-refractivity contribution in [1.82, 2.24) is 10.2 Å². The molecule has 0 radical (unpaired) electrons. The molecule has 1 saturated carbocycles. The topological polar surface area (TPSA) is 49.4 Å². The van der Waals surface area contributed by atoms with Gasteiger partial charge in [0.25, 0.3) is 5.91 Å². The largest absolute Gasteiger partial charge is 0.351 e. The lowest BCUT2D eigenvalue weighted by molar-refractivity contribution is -0.123. The number of likely N-dealkylation sites (tertiary alicyclic amines) is 1. The molecule has 0 unspecified atom stereocenters.